The lowest BCUT2D eigenvalue weighted by atomic mass is 10.1. The number of hydrogen-bond donors (Lipinski definition) is 2. The molecule has 1 aromatic carbocycles. The number of rotatable bonds is 8. The van der Waals surface area contributed by atoms with Crippen LogP contribution in [0.1, 0.15) is 25.3 Å². The summed E-state index contributed by atoms with van der Waals surface area (Å²) in [6.07, 6.45) is 2.62. The van der Waals surface area contributed by atoms with E-state index in [4.69, 9.17) is 22.7 Å². The van der Waals surface area contributed by atoms with Gasteiger partial charge in [-0.25, -0.2) is 0 Å². The van der Waals surface area contributed by atoms with Gasteiger partial charge >= 0.3 is 0 Å². The standard InChI is InChI=1S/C14H20N2O2S/c1-2-3-8-16-14(17)10-18-12-6-4-11(5-7-12)9-13(15)19/h4-7H,2-3,8-10H2,1H3,(H2,15,19)(H,16,17). The molecule has 0 unspecified atom stereocenters. The summed E-state index contributed by atoms with van der Waals surface area (Å²) < 4.78 is 5.38. The number of carbonyl (C=O) groups is 1. The lowest BCUT2D eigenvalue weighted by molar-refractivity contribution is -0.123. The third-order valence-electron chi connectivity index (χ3n) is 2.52. The molecule has 0 aromatic heterocycles. The Bertz CT molecular complexity index is 418. The summed E-state index contributed by atoms with van der Waals surface area (Å²) in [7, 11) is 0. The molecule has 0 heterocycles. The molecule has 104 valence electrons. The summed E-state index contributed by atoms with van der Waals surface area (Å²) >= 11 is 4.84. The third-order valence-corrected chi connectivity index (χ3v) is 2.67. The summed E-state index contributed by atoms with van der Waals surface area (Å²) in [4.78, 5) is 11.9. The fourth-order valence-corrected chi connectivity index (χ4v) is 1.68. The second kappa shape index (κ2) is 8.48. The van der Waals surface area contributed by atoms with Crippen molar-refractivity contribution in [2.24, 2.45) is 5.73 Å². The van der Waals surface area contributed by atoms with Gasteiger partial charge in [-0.1, -0.05) is 37.7 Å². The molecule has 0 radical (unpaired) electrons. The average Bonchev–Trinajstić information content (AvgIpc) is 2.37. The Morgan fingerprint density at radius 2 is 2.05 bits per heavy atom. The summed E-state index contributed by atoms with van der Waals surface area (Å²) in [5, 5.41) is 2.79. The molecule has 0 atom stereocenters. The van der Waals surface area contributed by atoms with Crippen molar-refractivity contribution in [3.8, 4) is 5.75 Å². The summed E-state index contributed by atoms with van der Waals surface area (Å²) in [6, 6.07) is 7.41. The van der Waals surface area contributed by atoms with Crippen LogP contribution in [0.25, 0.3) is 0 Å². The lowest BCUT2D eigenvalue weighted by Gasteiger charge is -2.07. The fourth-order valence-electron chi connectivity index (χ4n) is 1.51. The third kappa shape index (κ3) is 6.76. The van der Waals surface area contributed by atoms with E-state index in [0.29, 0.717) is 23.7 Å². The Hall–Kier alpha value is -1.62. The van der Waals surface area contributed by atoms with Gasteiger partial charge in [-0.3, -0.25) is 4.79 Å². The maximum absolute atomic E-state index is 11.4. The van der Waals surface area contributed by atoms with Crippen LogP contribution >= 0.6 is 12.2 Å². The van der Waals surface area contributed by atoms with Gasteiger partial charge in [0.2, 0.25) is 0 Å². The highest BCUT2D eigenvalue weighted by molar-refractivity contribution is 7.80. The second-order valence-electron chi connectivity index (χ2n) is 4.28. The number of amides is 1. The Morgan fingerprint density at radius 3 is 2.63 bits per heavy atom. The fraction of sp³-hybridized carbons (Fsp3) is 0.429. The first-order valence-electron chi connectivity index (χ1n) is 6.38. The van der Waals surface area contributed by atoms with Crippen molar-refractivity contribution in [1.29, 1.82) is 0 Å². The van der Waals surface area contributed by atoms with E-state index in [1.165, 1.54) is 0 Å². The van der Waals surface area contributed by atoms with Crippen molar-refractivity contribution >= 4 is 23.1 Å². The van der Waals surface area contributed by atoms with Crippen LogP contribution in [0.2, 0.25) is 0 Å². The van der Waals surface area contributed by atoms with E-state index in [9.17, 15) is 4.79 Å². The van der Waals surface area contributed by atoms with E-state index in [-0.39, 0.29) is 12.5 Å². The molecule has 5 heteroatoms. The Kier molecular flexibility index (Phi) is 6.89. The molecule has 0 aliphatic carbocycles. The van der Waals surface area contributed by atoms with Crippen LogP contribution in [0.15, 0.2) is 24.3 Å². The molecule has 4 nitrogen and oxygen atoms in total. The Labute approximate surface area is 119 Å². The van der Waals surface area contributed by atoms with Crippen molar-refractivity contribution in [2.75, 3.05) is 13.2 Å². The molecule has 0 fully saturated rings. The molecular weight excluding hydrogens is 260 g/mol. The highest BCUT2D eigenvalue weighted by Crippen LogP contribution is 2.12. The molecule has 0 saturated carbocycles. The predicted octanol–water partition coefficient (Wildman–Crippen LogP) is 1.81. The largest absolute Gasteiger partial charge is 0.484 e. The Morgan fingerprint density at radius 1 is 1.37 bits per heavy atom. The van der Waals surface area contributed by atoms with Crippen LogP contribution in [0.3, 0.4) is 0 Å². The topological polar surface area (TPSA) is 64.3 Å². The molecule has 1 aromatic rings. The van der Waals surface area contributed by atoms with Gasteiger partial charge < -0.3 is 15.8 Å². The van der Waals surface area contributed by atoms with Gasteiger partial charge in [-0.15, -0.1) is 0 Å². The van der Waals surface area contributed by atoms with Crippen molar-refractivity contribution < 1.29 is 9.53 Å². The molecule has 1 amide bonds. The first-order valence-corrected chi connectivity index (χ1v) is 6.79. The number of unbranched alkanes of at least 4 members (excludes halogenated alkanes) is 1. The number of nitrogens with one attached hydrogen (secondary N) is 1. The molecule has 0 spiro atoms. The SMILES string of the molecule is CCCCNC(=O)COc1ccc(CC(N)=S)cc1. The maximum atomic E-state index is 11.4. The maximum Gasteiger partial charge on any atom is 0.257 e. The van der Waals surface area contributed by atoms with E-state index >= 15 is 0 Å². The van der Waals surface area contributed by atoms with E-state index in [1.54, 1.807) is 0 Å². The van der Waals surface area contributed by atoms with E-state index in [1.807, 2.05) is 24.3 Å². The van der Waals surface area contributed by atoms with E-state index in [2.05, 4.69) is 12.2 Å². The molecule has 0 bridgehead atoms. The quantitative estimate of drug-likeness (QED) is 0.563. The van der Waals surface area contributed by atoms with Gasteiger partial charge in [-0.2, -0.15) is 0 Å². The van der Waals surface area contributed by atoms with Crippen LogP contribution < -0.4 is 15.8 Å². The van der Waals surface area contributed by atoms with Crippen LogP contribution in [-0.2, 0) is 11.2 Å². The monoisotopic (exact) mass is 280 g/mol. The molecule has 3 N–H and O–H groups in total. The highest BCUT2D eigenvalue weighted by atomic mass is 32.1. The van der Waals surface area contributed by atoms with E-state index < -0.39 is 0 Å². The molecule has 0 aliphatic heterocycles. The van der Waals surface area contributed by atoms with Gasteiger partial charge in [-0.05, 0) is 24.1 Å². The number of hydrogen-bond acceptors (Lipinski definition) is 3. The van der Waals surface area contributed by atoms with E-state index in [0.717, 1.165) is 18.4 Å². The number of carbonyl (C=O) groups excluding carboxylic acids is 1. The van der Waals surface area contributed by atoms with Gasteiger partial charge in [0.15, 0.2) is 6.61 Å². The second-order valence-corrected chi connectivity index (χ2v) is 4.80. The normalized spacial score (nSPS) is 9.95. The van der Waals surface area contributed by atoms with Gasteiger partial charge in [0.25, 0.3) is 5.91 Å². The Balaban J connectivity index is 2.33. The molecule has 1 rings (SSSR count). The zero-order chi connectivity index (χ0) is 14.1. The van der Waals surface area contributed by atoms with Gasteiger partial charge in [0, 0.05) is 13.0 Å². The molecule has 0 saturated heterocycles. The number of thiocarbonyl (C=S) groups is 1. The van der Waals surface area contributed by atoms with Crippen molar-refractivity contribution in [3.63, 3.8) is 0 Å². The first kappa shape index (κ1) is 15.4. The molecule has 0 aliphatic rings. The number of benzene rings is 1. The van der Waals surface area contributed by atoms with Gasteiger partial charge in [0.05, 0.1) is 4.99 Å². The van der Waals surface area contributed by atoms with Crippen LogP contribution in [0.5, 0.6) is 5.75 Å². The van der Waals surface area contributed by atoms with Crippen LogP contribution in [-0.4, -0.2) is 24.0 Å². The number of ether oxygens (including phenoxy) is 1. The summed E-state index contributed by atoms with van der Waals surface area (Å²) in [5.41, 5.74) is 6.50. The number of nitrogens with two attached hydrogens (primary N) is 1. The minimum Gasteiger partial charge on any atom is -0.484 e. The zero-order valence-electron chi connectivity index (χ0n) is 11.1. The first-order chi connectivity index (χ1) is 9.11. The minimum absolute atomic E-state index is 0.0400. The predicted molar refractivity (Wildman–Crippen MR) is 80.3 cm³/mol. The van der Waals surface area contributed by atoms with Crippen LogP contribution in [0, 0.1) is 0 Å². The van der Waals surface area contributed by atoms with Gasteiger partial charge in [0.1, 0.15) is 5.75 Å². The summed E-state index contributed by atoms with van der Waals surface area (Å²) in [5.74, 6) is 0.568. The zero-order valence-corrected chi connectivity index (χ0v) is 12.0. The highest BCUT2D eigenvalue weighted by Gasteiger charge is 2.02. The molecule has 19 heavy (non-hydrogen) atoms. The smallest absolute Gasteiger partial charge is 0.257 e. The molecular formula is C14H20N2O2S. The van der Waals surface area contributed by atoms with Crippen molar-refractivity contribution in [3.05, 3.63) is 29.8 Å². The van der Waals surface area contributed by atoms with Crippen LogP contribution in [0.4, 0.5) is 0 Å². The minimum atomic E-state index is -0.0966. The van der Waals surface area contributed by atoms with Crippen molar-refractivity contribution in [2.45, 2.75) is 26.2 Å². The average molecular weight is 280 g/mol. The van der Waals surface area contributed by atoms with Crippen molar-refractivity contribution in [1.82, 2.24) is 5.32 Å². The summed E-state index contributed by atoms with van der Waals surface area (Å²) in [6.45, 7) is 2.82. The lowest BCUT2D eigenvalue weighted by Crippen LogP contribution is -2.29.